The Kier molecular flexibility index (Phi) is 2.19. The van der Waals surface area contributed by atoms with Gasteiger partial charge in [0.05, 0.1) is 5.69 Å². The minimum absolute atomic E-state index is 0.152. The molecule has 0 bridgehead atoms. The highest BCUT2D eigenvalue weighted by Crippen LogP contribution is 2.13. The van der Waals surface area contributed by atoms with Gasteiger partial charge in [0.1, 0.15) is 0 Å². The van der Waals surface area contributed by atoms with Gasteiger partial charge < -0.3 is 5.73 Å². The summed E-state index contributed by atoms with van der Waals surface area (Å²) >= 11 is 5.67. The third-order valence-electron chi connectivity index (χ3n) is 1.11. The molecule has 2 N–H and O–H groups in total. The molecule has 0 aliphatic rings. The van der Waals surface area contributed by atoms with Gasteiger partial charge >= 0.3 is 0 Å². The van der Waals surface area contributed by atoms with Crippen LogP contribution >= 0.6 is 11.6 Å². The maximum Gasteiger partial charge on any atom is 0.152 e. The summed E-state index contributed by atoms with van der Waals surface area (Å²) in [6, 6.07) is -0.152. The normalized spacial score (nSPS) is 13.1. The lowest BCUT2D eigenvalue weighted by molar-refractivity contribution is 0.773. The fourth-order valence-corrected chi connectivity index (χ4v) is 0.914. The topological polar surface area (TPSA) is 51.8 Å². The van der Waals surface area contributed by atoms with Gasteiger partial charge in [-0.3, -0.25) is 4.98 Å². The summed E-state index contributed by atoms with van der Waals surface area (Å²) in [6.07, 6.45) is 3.11. The fraction of sp³-hybridized carbons (Fsp3) is 0.333. The molecule has 1 aromatic heterocycles. The first-order valence-corrected chi connectivity index (χ1v) is 3.31. The molecule has 4 heteroatoms. The molecule has 0 aliphatic heterocycles. The maximum atomic E-state index is 5.67. The van der Waals surface area contributed by atoms with E-state index in [0.717, 1.165) is 0 Å². The average Bonchev–Trinajstić information content (AvgIpc) is 1.88. The van der Waals surface area contributed by atoms with Gasteiger partial charge in [0.15, 0.2) is 5.15 Å². The van der Waals surface area contributed by atoms with Gasteiger partial charge in [-0.15, -0.1) is 0 Å². The van der Waals surface area contributed by atoms with E-state index in [1.54, 1.807) is 6.20 Å². The lowest BCUT2D eigenvalue weighted by atomic mass is 10.3. The highest BCUT2D eigenvalue weighted by atomic mass is 35.5. The minimum Gasteiger partial charge on any atom is -0.323 e. The second-order valence-electron chi connectivity index (χ2n) is 2.02. The van der Waals surface area contributed by atoms with Gasteiger partial charge in [-0.2, -0.15) is 0 Å². The third kappa shape index (κ3) is 1.43. The molecule has 0 saturated carbocycles. The monoisotopic (exact) mass is 157 g/mol. The molecule has 1 aromatic rings. The molecule has 0 aromatic carbocycles. The predicted molar refractivity (Wildman–Crippen MR) is 39.6 cm³/mol. The van der Waals surface area contributed by atoms with Crippen LogP contribution in [0.3, 0.4) is 0 Å². The molecule has 0 radical (unpaired) electrons. The van der Waals surface area contributed by atoms with Crippen molar-refractivity contribution in [2.24, 2.45) is 5.73 Å². The summed E-state index contributed by atoms with van der Waals surface area (Å²) in [6.45, 7) is 1.82. The van der Waals surface area contributed by atoms with Crippen molar-refractivity contribution < 1.29 is 0 Å². The summed E-state index contributed by atoms with van der Waals surface area (Å²) < 4.78 is 0. The zero-order valence-corrected chi connectivity index (χ0v) is 6.34. The van der Waals surface area contributed by atoms with Crippen molar-refractivity contribution in [1.82, 2.24) is 9.97 Å². The van der Waals surface area contributed by atoms with Crippen LogP contribution < -0.4 is 5.73 Å². The Balaban J connectivity index is 3.03. The molecule has 10 heavy (non-hydrogen) atoms. The van der Waals surface area contributed by atoms with Crippen LogP contribution in [0.25, 0.3) is 0 Å². The molecule has 1 atom stereocenters. The van der Waals surface area contributed by atoms with E-state index >= 15 is 0 Å². The minimum atomic E-state index is -0.152. The van der Waals surface area contributed by atoms with Gasteiger partial charge in [-0.1, -0.05) is 11.6 Å². The molecule has 1 heterocycles. The molecule has 0 aliphatic carbocycles. The van der Waals surface area contributed by atoms with Gasteiger partial charge in [-0.05, 0) is 6.92 Å². The summed E-state index contributed by atoms with van der Waals surface area (Å²) in [5, 5.41) is 0.387. The number of aromatic nitrogens is 2. The largest absolute Gasteiger partial charge is 0.323 e. The molecule has 0 unspecified atom stereocenters. The Morgan fingerprint density at radius 2 is 2.10 bits per heavy atom. The Hall–Kier alpha value is -0.670. The SMILES string of the molecule is C[C@@H](N)c1nccnc1Cl. The van der Waals surface area contributed by atoms with E-state index in [1.807, 2.05) is 6.92 Å². The van der Waals surface area contributed by atoms with Crippen LogP contribution in [0.4, 0.5) is 0 Å². The molecule has 3 nitrogen and oxygen atoms in total. The molecule has 0 amide bonds. The molecule has 1 rings (SSSR count). The zero-order valence-electron chi connectivity index (χ0n) is 5.58. The van der Waals surface area contributed by atoms with E-state index < -0.39 is 0 Å². The zero-order chi connectivity index (χ0) is 7.56. The summed E-state index contributed by atoms with van der Waals surface area (Å²) in [5.74, 6) is 0. The molecule has 54 valence electrons. The lowest BCUT2D eigenvalue weighted by Crippen LogP contribution is -2.08. The van der Waals surface area contributed by atoms with E-state index in [-0.39, 0.29) is 6.04 Å². The van der Waals surface area contributed by atoms with E-state index in [2.05, 4.69) is 9.97 Å². The van der Waals surface area contributed by atoms with Crippen molar-refractivity contribution >= 4 is 11.6 Å². The van der Waals surface area contributed by atoms with Crippen LogP contribution in [0.2, 0.25) is 5.15 Å². The van der Waals surface area contributed by atoms with Gasteiger partial charge in [-0.25, -0.2) is 4.98 Å². The van der Waals surface area contributed by atoms with Gasteiger partial charge in [0, 0.05) is 18.4 Å². The standard InChI is InChI=1S/C6H8ClN3/c1-4(8)5-6(7)10-3-2-9-5/h2-4H,8H2,1H3/t4-/m1/s1. The van der Waals surface area contributed by atoms with Crippen molar-refractivity contribution in [3.63, 3.8) is 0 Å². The Bertz CT molecular complexity index is 224. The number of halogens is 1. The van der Waals surface area contributed by atoms with Crippen LogP contribution in [-0.2, 0) is 0 Å². The smallest absolute Gasteiger partial charge is 0.152 e. The molecule has 0 spiro atoms. The number of rotatable bonds is 1. The summed E-state index contributed by atoms with van der Waals surface area (Å²) in [4.78, 5) is 7.78. The highest BCUT2D eigenvalue weighted by Gasteiger charge is 2.05. The molecule has 0 fully saturated rings. The first kappa shape index (κ1) is 7.44. The van der Waals surface area contributed by atoms with Crippen LogP contribution in [0.1, 0.15) is 18.7 Å². The van der Waals surface area contributed by atoms with E-state index in [9.17, 15) is 0 Å². The summed E-state index contributed by atoms with van der Waals surface area (Å²) in [7, 11) is 0. The molecular formula is C6H8ClN3. The van der Waals surface area contributed by atoms with E-state index in [1.165, 1.54) is 6.20 Å². The van der Waals surface area contributed by atoms with Gasteiger partial charge in [0.2, 0.25) is 0 Å². The predicted octanol–water partition coefficient (Wildman–Crippen LogP) is 1.15. The van der Waals surface area contributed by atoms with Crippen LogP contribution in [0, 0.1) is 0 Å². The third-order valence-corrected chi connectivity index (χ3v) is 1.40. The Morgan fingerprint density at radius 3 is 2.50 bits per heavy atom. The van der Waals surface area contributed by atoms with Crippen LogP contribution in [0.5, 0.6) is 0 Å². The highest BCUT2D eigenvalue weighted by molar-refractivity contribution is 6.30. The Morgan fingerprint density at radius 1 is 1.50 bits per heavy atom. The number of hydrogen-bond acceptors (Lipinski definition) is 3. The Labute approximate surface area is 64.2 Å². The van der Waals surface area contributed by atoms with E-state index in [4.69, 9.17) is 17.3 Å². The fourth-order valence-electron chi connectivity index (χ4n) is 0.637. The first-order chi connectivity index (χ1) is 4.72. The van der Waals surface area contributed by atoms with Crippen LogP contribution in [-0.4, -0.2) is 9.97 Å². The van der Waals surface area contributed by atoms with Crippen molar-refractivity contribution in [1.29, 1.82) is 0 Å². The molecule has 0 saturated heterocycles. The second kappa shape index (κ2) is 2.94. The van der Waals surface area contributed by atoms with E-state index in [0.29, 0.717) is 10.8 Å². The van der Waals surface area contributed by atoms with Crippen molar-refractivity contribution in [3.05, 3.63) is 23.2 Å². The quantitative estimate of drug-likeness (QED) is 0.666. The van der Waals surface area contributed by atoms with Crippen LogP contribution in [0.15, 0.2) is 12.4 Å². The maximum absolute atomic E-state index is 5.67. The summed E-state index contributed by atoms with van der Waals surface area (Å²) in [5.41, 5.74) is 6.17. The van der Waals surface area contributed by atoms with Crippen molar-refractivity contribution in [3.8, 4) is 0 Å². The molecular weight excluding hydrogens is 150 g/mol. The van der Waals surface area contributed by atoms with Crippen molar-refractivity contribution in [2.75, 3.05) is 0 Å². The number of nitrogens with two attached hydrogens (primary N) is 1. The number of nitrogens with zero attached hydrogens (tertiary/aromatic N) is 2. The lowest BCUT2D eigenvalue weighted by Gasteiger charge is -2.03. The van der Waals surface area contributed by atoms with Crippen molar-refractivity contribution in [2.45, 2.75) is 13.0 Å². The number of hydrogen-bond donors (Lipinski definition) is 1. The van der Waals surface area contributed by atoms with Gasteiger partial charge in [0.25, 0.3) is 0 Å². The average molecular weight is 158 g/mol. The first-order valence-electron chi connectivity index (χ1n) is 2.94. The second-order valence-corrected chi connectivity index (χ2v) is 2.38.